The number of rotatable bonds is 2. The van der Waals surface area contributed by atoms with Gasteiger partial charge in [0.05, 0.1) is 0 Å². The summed E-state index contributed by atoms with van der Waals surface area (Å²) < 4.78 is 32.1. The fraction of sp³-hybridized carbons (Fsp3) is 0. The van der Waals surface area contributed by atoms with E-state index in [0.717, 1.165) is 18.2 Å². The molecule has 7 heteroatoms. The number of fused-ring (bicyclic) bond motifs is 1. The normalized spacial score (nSPS) is 10.7. The van der Waals surface area contributed by atoms with Crippen molar-refractivity contribution in [1.82, 2.24) is 0 Å². The fourth-order valence-corrected chi connectivity index (χ4v) is 2.23. The topological polar surface area (TPSA) is 59.3 Å². The molecule has 1 heterocycles. The highest BCUT2D eigenvalue weighted by molar-refractivity contribution is 6.31. The van der Waals surface area contributed by atoms with Crippen molar-refractivity contribution < 1.29 is 18.0 Å². The Bertz CT molecular complexity index is 964. The zero-order valence-corrected chi connectivity index (χ0v) is 12.2. The van der Waals surface area contributed by atoms with E-state index >= 15 is 0 Å². The van der Waals surface area contributed by atoms with Crippen LogP contribution < -0.4 is 10.9 Å². The Morgan fingerprint density at radius 3 is 2.48 bits per heavy atom. The molecule has 1 amide bonds. The predicted octanol–water partition coefficient (Wildman–Crippen LogP) is 3.98. The molecule has 4 nitrogen and oxygen atoms in total. The summed E-state index contributed by atoms with van der Waals surface area (Å²) in [6, 6.07) is 8.90. The van der Waals surface area contributed by atoms with Crippen LogP contribution in [0.15, 0.2) is 51.7 Å². The summed E-state index contributed by atoms with van der Waals surface area (Å²) in [4.78, 5) is 24.0. The number of anilines is 1. The first-order valence-electron chi connectivity index (χ1n) is 6.44. The van der Waals surface area contributed by atoms with Gasteiger partial charge < -0.3 is 9.73 Å². The third kappa shape index (κ3) is 2.93. The first-order chi connectivity index (χ1) is 11.0. The van der Waals surface area contributed by atoms with Crippen LogP contribution in [-0.2, 0) is 0 Å². The molecule has 0 fully saturated rings. The minimum atomic E-state index is -0.982. The van der Waals surface area contributed by atoms with E-state index in [1.54, 1.807) is 0 Å². The minimum Gasteiger partial charge on any atom is -0.422 e. The largest absolute Gasteiger partial charge is 0.422 e. The van der Waals surface area contributed by atoms with Gasteiger partial charge in [0, 0.05) is 10.4 Å². The van der Waals surface area contributed by atoms with Crippen molar-refractivity contribution in [2.24, 2.45) is 0 Å². The van der Waals surface area contributed by atoms with E-state index in [4.69, 9.17) is 16.0 Å². The third-order valence-corrected chi connectivity index (χ3v) is 3.38. The molecule has 2 aromatic carbocycles. The first kappa shape index (κ1) is 15.2. The van der Waals surface area contributed by atoms with Crippen LogP contribution in [0.3, 0.4) is 0 Å². The molecule has 3 aromatic rings. The summed E-state index contributed by atoms with van der Waals surface area (Å²) in [7, 11) is 0. The quantitative estimate of drug-likeness (QED) is 0.721. The van der Waals surface area contributed by atoms with Gasteiger partial charge in [-0.05, 0) is 36.4 Å². The Morgan fingerprint density at radius 2 is 1.78 bits per heavy atom. The number of para-hydroxylation sites is 1. The van der Waals surface area contributed by atoms with Crippen molar-refractivity contribution in [3.05, 3.63) is 75.1 Å². The zero-order valence-electron chi connectivity index (χ0n) is 11.4. The molecular formula is C16H8ClF2NO3. The van der Waals surface area contributed by atoms with Crippen LogP contribution in [0.2, 0.25) is 5.02 Å². The number of hydrogen-bond acceptors (Lipinski definition) is 3. The maximum Gasteiger partial charge on any atom is 0.349 e. The standard InChI is InChI=1S/C16H8ClF2NO3/c17-9-4-5-13-8(6-9)7-10(16(22)23-13)15(21)20-14-11(18)2-1-3-12(14)19/h1-7H,(H,20,21). The number of benzene rings is 2. The van der Waals surface area contributed by atoms with Crippen LogP contribution in [0.4, 0.5) is 14.5 Å². The smallest absolute Gasteiger partial charge is 0.349 e. The van der Waals surface area contributed by atoms with Crippen LogP contribution in [0.5, 0.6) is 0 Å². The second kappa shape index (κ2) is 5.81. The summed E-state index contributed by atoms with van der Waals surface area (Å²) >= 11 is 5.84. The Labute approximate surface area is 133 Å². The van der Waals surface area contributed by atoms with Crippen LogP contribution in [-0.4, -0.2) is 5.91 Å². The van der Waals surface area contributed by atoms with Crippen molar-refractivity contribution in [3.63, 3.8) is 0 Å². The van der Waals surface area contributed by atoms with Gasteiger partial charge in [0.25, 0.3) is 5.91 Å². The molecule has 116 valence electrons. The molecule has 23 heavy (non-hydrogen) atoms. The molecule has 1 N–H and O–H groups in total. The van der Waals surface area contributed by atoms with Gasteiger partial charge in [-0.1, -0.05) is 17.7 Å². The molecule has 0 atom stereocenters. The second-order valence-electron chi connectivity index (χ2n) is 4.68. The number of carbonyl (C=O) groups is 1. The highest BCUT2D eigenvalue weighted by Gasteiger charge is 2.17. The van der Waals surface area contributed by atoms with Crippen LogP contribution in [0.1, 0.15) is 10.4 Å². The first-order valence-corrected chi connectivity index (χ1v) is 6.82. The Morgan fingerprint density at radius 1 is 1.09 bits per heavy atom. The van der Waals surface area contributed by atoms with Gasteiger partial charge in [-0.3, -0.25) is 4.79 Å². The lowest BCUT2D eigenvalue weighted by atomic mass is 10.1. The number of amides is 1. The van der Waals surface area contributed by atoms with E-state index in [-0.39, 0.29) is 11.1 Å². The number of nitrogens with one attached hydrogen (secondary N) is 1. The van der Waals surface area contributed by atoms with E-state index in [1.807, 2.05) is 5.32 Å². The highest BCUT2D eigenvalue weighted by Crippen LogP contribution is 2.21. The molecule has 0 aliphatic carbocycles. The molecule has 0 radical (unpaired) electrons. The van der Waals surface area contributed by atoms with Gasteiger partial charge in [0.2, 0.25) is 0 Å². The summed E-state index contributed by atoms with van der Waals surface area (Å²) in [6.07, 6.45) is 0. The molecule has 0 saturated heterocycles. The molecule has 0 aliphatic heterocycles. The molecule has 0 saturated carbocycles. The number of halogens is 3. The lowest BCUT2D eigenvalue weighted by molar-refractivity contribution is 0.102. The highest BCUT2D eigenvalue weighted by atomic mass is 35.5. The average Bonchev–Trinajstić information content (AvgIpc) is 2.50. The average molecular weight is 336 g/mol. The summed E-state index contributed by atoms with van der Waals surface area (Å²) in [6.45, 7) is 0. The second-order valence-corrected chi connectivity index (χ2v) is 5.12. The third-order valence-electron chi connectivity index (χ3n) is 3.14. The van der Waals surface area contributed by atoms with Crippen molar-refractivity contribution in [1.29, 1.82) is 0 Å². The van der Waals surface area contributed by atoms with Gasteiger partial charge >= 0.3 is 5.63 Å². The lowest BCUT2D eigenvalue weighted by Crippen LogP contribution is -2.21. The van der Waals surface area contributed by atoms with E-state index < -0.39 is 28.9 Å². The Balaban J connectivity index is 2.04. The maximum atomic E-state index is 13.6. The summed E-state index contributed by atoms with van der Waals surface area (Å²) in [5.41, 5.74) is -1.70. The number of carbonyl (C=O) groups excluding carboxylic acids is 1. The molecule has 0 bridgehead atoms. The summed E-state index contributed by atoms with van der Waals surface area (Å²) in [5, 5.41) is 2.83. The van der Waals surface area contributed by atoms with Crippen LogP contribution in [0, 0.1) is 11.6 Å². The monoisotopic (exact) mass is 335 g/mol. The van der Waals surface area contributed by atoms with Gasteiger partial charge in [-0.25, -0.2) is 13.6 Å². The zero-order chi connectivity index (χ0) is 16.6. The summed E-state index contributed by atoms with van der Waals surface area (Å²) in [5.74, 6) is -2.89. The lowest BCUT2D eigenvalue weighted by Gasteiger charge is -2.07. The Hall–Kier alpha value is -2.73. The SMILES string of the molecule is O=C(Nc1c(F)cccc1F)c1cc2cc(Cl)ccc2oc1=O. The molecular weight excluding hydrogens is 328 g/mol. The van der Waals surface area contributed by atoms with Crippen molar-refractivity contribution in [2.45, 2.75) is 0 Å². The van der Waals surface area contributed by atoms with Crippen LogP contribution in [0.25, 0.3) is 11.0 Å². The van der Waals surface area contributed by atoms with Crippen molar-refractivity contribution in [3.8, 4) is 0 Å². The van der Waals surface area contributed by atoms with E-state index in [9.17, 15) is 18.4 Å². The van der Waals surface area contributed by atoms with Gasteiger partial charge in [-0.15, -0.1) is 0 Å². The Kier molecular flexibility index (Phi) is 3.83. The molecule has 3 rings (SSSR count). The van der Waals surface area contributed by atoms with Gasteiger partial charge in [0.15, 0.2) is 0 Å². The van der Waals surface area contributed by atoms with E-state index in [2.05, 4.69) is 0 Å². The fourth-order valence-electron chi connectivity index (χ4n) is 2.05. The predicted molar refractivity (Wildman–Crippen MR) is 81.8 cm³/mol. The van der Waals surface area contributed by atoms with Crippen molar-refractivity contribution in [2.75, 3.05) is 5.32 Å². The number of hydrogen-bond donors (Lipinski definition) is 1. The minimum absolute atomic E-state index is 0.244. The van der Waals surface area contributed by atoms with Crippen molar-refractivity contribution >= 4 is 34.2 Å². The molecule has 0 aliphatic rings. The molecule has 1 aromatic heterocycles. The maximum absolute atomic E-state index is 13.6. The van der Waals surface area contributed by atoms with E-state index in [0.29, 0.717) is 10.4 Å². The van der Waals surface area contributed by atoms with Crippen LogP contribution >= 0.6 is 11.6 Å². The van der Waals surface area contributed by atoms with E-state index in [1.165, 1.54) is 24.3 Å². The molecule has 0 unspecified atom stereocenters. The van der Waals surface area contributed by atoms with Gasteiger partial charge in [-0.2, -0.15) is 0 Å². The van der Waals surface area contributed by atoms with Gasteiger partial charge in [0.1, 0.15) is 28.5 Å². The molecule has 0 spiro atoms.